The van der Waals surface area contributed by atoms with Crippen LogP contribution >= 0.6 is 0 Å². The SMILES string of the molecule is CC(=O)NC1(C(=O)O)CCCc2ccccc21. The molecule has 0 bridgehead atoms. The first-order chi connectivity index (χ1) is 8.06. The van der Waals surface area contributed by atoms with Crippen LogP contribution in [0.25, 0.3) is 0 Å². The van der Waals surface area contributed by atoms with Crippen LogP contribution in [0.15, 0.2) is 24.3 Å². The molecule has 1 aromatic carbocycles. The monoisotopic (exact) mass is 233 g/mol. The molecule has 4 heteroatoms. The summed E-state index contributed by atoms with van der Waals surface area (Å²) in [6.07, 6.45) is 2.08. The summed E-state index contributed by atoms with van der Waals surface area (Å²) in [5.74, 6) is -1.30. The fourth-order valence-corrected chi connectivity index (χ4v) is 2.54. The Labute approximate surface area is 99.6 Å². The summed E-state index contributed by atoms with van der Waals surface area (Å²) in [5.41, 5.74) is 0.476. The average molecular weight is 233 g/mol. The molecule has 0 fully saturated rings. The van der Waals surface area contributed by atoms with Crippen molar-refractivity contribution in [1.29, 1.82) is 0 Å². The number of carbonyl (C=O) groups excluding carboxylic acids is 1. The highest BCUT2D eigenvalue weighted by molar-refractivity contribution is 5.88. The van der Waals surface area contributed by atoms with Gasteiger partial charge < -0.3 is 10.4 Å². The summed E-state index contributed by atoms with van der Waals surface area (Å²) in [6.45, 7) is 1.35. The molecule has 0 spiro atoms. The zero-order chi connectivity index (χ0) is 12.5. The minimum absolute atomic E-state index is 0.316. The Morgan fingerprint density at radius 3 is 2.71 bits per heavy atom. The second-order valence-electron chi connectivity index (χ2n) is 4.40. The number of fused-ring (bicyclic) bond motifs is 1. The molecule has 1 unspecified atom stereocenters. The van der Waals surface area contributed by atoms with E-state index >= 15 is 0 Å². The van der Waals surface area contributed by atoms with Crippen molar-refractivity contribution in [3.8, 4) is 0 Å². The summed E-state index contributed by atoms with van der Waals surface area (Å²) in [7, 11) is 0. The maximum atomic E-state index is 11.6. The van der Waals surface area contributed by atoms with E-state index in [4.69, 9.17) is 0 Å². The summed E-state index contributed by atoms with van der Waals surface area (Å²) >= 11 is 0. The molecular weight excluding hydrogens is 218 g/mol. The van der Waals surface area contributed by atoms with Gasteiger partial charge in [-0.1, -0.05) is 24.3 Å². The van der Waals surface area contributed by atoms with Crippen LogP contribution in [0.5, 0.6) is 0 Å². The standard InChI is InChI=1S/C13H15NO3/c1-9(15)14-13(12(16)17)8-4-6-10-5-2-3-7-11(10)13/h2-3,5,7H,4,6,8H2,1H3,(H,14,15)(H,16,17). The number of aliphatic carboxylic acids is 1. The lowest BCUT2D eigenvalue weighted by Crippen LogP contribution is -2.53. The maximum absolute atomic E-state index is 11.6. The number of amides is 1. The topological polar surface area (TPSA) is 66.4 Å². The molecule has 1 amide bonds. The van der Waals surface area contributed by atoms with Gasteiger partial charge in [-0.25, -0.2) is 4.79 Å². The van der Waals surface area contributed by atoms with Gasteiger partial charge in [0.05, 0.1) is 0 Å². The third-order valence-corrected chi connectivity index (χ3v) is 3.23. The minimum atomic E-state index is -1.25. The van der Waals surface area contributed by atoms with Crippen LogP contribution in [0.3, 0.4) is 0 Å². The molecule has 0 heterocycles. The number of rotatable bonds is 2. The molecule has 1 aromatic rings. The molecule has 90 valence electrons. The Morgan fingerprint density at radius 2 is 2.06 bits per heavy atom. The normalized spacial score (nSPS) is 22.6. The van der Waals surface area contributed by atoms with Gasteiger partial charge in [-0.2, -0.15) is 0 Å². The lowest BCUT2D eigenvalue weighted by molar-refractivity contribution is -0.148. The van der Waals surface area contributed by atoms with E-state index in [2.05, 4.69) is 5.32 Å². The fraction of sp³-hybridized carbons (Fsp3) is 0.385. The van der Waals surface area contributed by atoms with Gasteiger partial charge in [-0.3, -0.25) is 4.79 Å². The van der Waals surface area contributed by atoms with Gasteiger partial charge in [-0.05, 0) is 30.4 Å². The molecule has 17 heavy (non-hydrogen) atoms. The number of carboxylic acids is 1. The van der Waals surface area contributed by atoms with Crippen molar-refractivity contribution in [3.05, 3.63) is 35.4 Å². The molecule has 1 atom stereocenters. The number of aryl methyl sites for hydroxylation is 1. The summed E-state index contributed by atoms with van der Waals surface area (Å²) in [5, 5.41) is 12.1. The molecule has 0 saturated heterocycles. The van der Waals surface area contributed by atoms with Gasteiger partial charge in [0.25, 0.3) is 0 Å². The highest BCUT2D eigenvalue weighted by Gasteiger charge is 2.44. The molecule has 0 saturated carbocycles. The molecule has 2 rings (SSSR count). The van der Waals surface area contributed by atoms with Gasteiger partial charge in [0.15, 0.2) is 5.54 Å². The van der Waals surface area contributed by atoms with Crippen molar-refractivity contribution in [2.24, 2.45) is 0 Å². The first-order valence-corrected chi connectivity index (χ1v) is 5.67. The van der Waals surface area contributed by atoms with Crippen LogP contribution < -0.4 is 5.32 Å². The molecule has 0 radical (unpaired) electrons. The van der Waals surface area contributed by atoms with Gasteiger partial charge >= 0.3 is 5.97 Å². The highest BCUT2D eigenvalue weighted by Crippen LogP contribution is 2.35. The zero-order valence-corrected chi connectivity index (χ0v) is 9.69. The predicted molar refractivity (Wildman–Crippen MR) is 62.5 cm³/mol. The van der Waals surface area contributed by atoms with E-state index in [1.165, 1.54) is 6.92 Å². The number of benzene rings is 1. The Hall–Kier alpha value is -1.84. The number of carbonyl (C=O) groups is 2. The van der Waals surface area contributed by atoms with E-state index in [1.54, 1.807) is 6.07 Å². The van der Waals surface area contributed by atoms with Crippen molar-refractivity contribution in [1.82, 2.24) is 5.32 Å². The predicted octanol–water partition coefficient (Wildman–Crippen LogP) is 1.44. The molecule has 2 N–H and O–H groups in total. The quantitative estimate of drug-likeness (QED) is 0.812. The summed E-state index contributed by atoms with van der Waals surface area (Å²) in [4.78, 5) is 22.8. The Bertz CT molecular complexity index is 469. The number of hydrogen-bond donors (Lipinski definition) is 2. The van der Waals surface area contributed by atoms with Crippen molar-refractivity contribution in [3.63, 3.8) is 0 Å². The van der Waals surface area contributed by atoms with E-state index in [1.807, 2.05) is 18.2 Å². The van der Waals surface area contributed by atoms with Crippen molar-refractivity contribution in [2.75, 3.05) is 0 Å². The lowest BCUT2D eigenvalue weighted by atomic mass is 9.76. The zero-order valence-electron chi connectivity index (χ0n) is 9.69. The molecule has 0 aliphatic heterocycles. The van der Waals surface area contributed by atoms with E-state index in [9.17, 15) is 14.7 Å². The second-order valence-corrected chi connectivity index (χ2v) is 4.40. The molecular formula is C13H15NO3. The van der Waals surface area contributed by atoms with Crippen molar-refractivity contribution >= 4 is 11.9 Å². The molecule has 1 aliphatic rings. The van der Waals surface area contributed by atoms with Crippen LogP contribution in [0.1, 0.15) is 30.9 Å². The minimum Gasteiger partial charge on any atom is -0.479 e. The molecule has 1 aliphatic carbocycles. The first-order valence-electron chi connectivity index (χ1n) is 5.67. The van der Waals surface area contributed by atoms with Crippen LogP contribution in [-0.4, -0.2) is 17.0 Å². The van der Waals surface area contributed by atoms with Crippen LogP contribution in [0.2, 0.25) is 0 Å². The third-order valence-electron chi connectivity index (χ3n) is 3.23. The number of carboxylic acid groups (broad SMARTS) is 1. The highest BCUT2D eigenvalue weighted by atomic mass is 16.4. The van der Waals surface area contributed by atoms with E-state index in [-0.39, 0.29) is 5.91 Å². The largest absolute Gasteiger partial charge is 0.479 e. The number of hydrogen-bond acceptors (Lipinski definition) is 2. The van der Waals surface area contributed by atoms with Gasteiger partial charge in [0.2, 0.25) is 5.91 Å². The summed E-state index contributed by atoms with van der Waals surface area (Å²) < 4.78 is 0. The summed E-state index contributed by atoms with van der Waals surface area (Å²) in [6, 6.07) is 7.42. The van der Waals surface area contributed by atoms with E-state index in [0.29, 0.717) is 12.0 Å². The first kappa shape index (κ1) is 11.6. The van der Waals surface area contributed by atoms with Crippen LogP contribution in [0, 0.1) is 0 Å². The molecule has 0 aromatic heterocycles. The lowest BCUT2D eigenvalue weighted by Gasteiger charge is -2.35. The maximum Gasteiger partial charge on any atom is 0.334 e. The Morgan fingerprint density at radius 1 is 1.35 bits per heavy atom. The van der Waals surface area contributed by atoms with Crippen LogP contribution in [0.4, 0.5) is 0 Å². The second kappa shape index (κ2) is 4.20. The van der Waals surface area contributed by atoms with Gasteiger partial charge in [0, 0.05) is 6.92 Å². The fourth-order valence-electron chi connectivity index (χ4n) is 2.54. The van der Waals surface area contributed by atoms with Crippen molar-refractivity contribution in [2.45, 2.75) is 31.7 Å². The Balaban J connectivity index is 2.55. The van der Waals surface area contributed by atoms with E-state index in [0.717, 1.165) is 18.4 Å². The average Bonchev–Trinajstić information content (AvgIpc) is 2.28. The van der Waals surface area contributed by atoms with Gasteiger partial charge in [-0.15, -0.1) is 0 Å². The Kier molecular flexibility index (Phi) is 2.88. The third kappa shape index (κ3) is 1.90. The van der Waals surface area contributed by atoms with Crippen LogP contribution in [-0.2, 0) is 21.5 Å². The smallest absolute Gasteiger partial charge is 0.334 e. The van der Waals surface area contributed by atoms with Gasteiger partial charge in [0.1, 0.15) is 0 Å². The van der Waals surface area contributed by atoms with E-state index < -0.39 is 11.5 Å². The van der Waals surface area contributed by atoms with Crippen molar-refractivity contribution < 1.29 is 14.7 Å². The molecule has 4 nitrogen and oxygen atoms in total. The number of nitrogens with one attached hydrogen (secondary N) is 1.